The SMILES string of the molecule is Clc1ccc2c(c1)C1(CCN(C3CCOCC3)CC1)CN2.[HH]. The number of halogens is 1. The molecular weight excluding hydrogens is 284 g/mol. The molecule has 0 aliphatic carbocycles. The topological polar surface area (TPSA) is 24.5 Å². The van der Waals surface area contributed by atoms with Crippen molar-refractivity contribution in [3.05, 3.63) is 28.8 Å². The van der Waals surface area contributed by atoms with Crippen LogP contribution in [0, 0.1) is 0 Å². The van der Waals surface area contributed by atoms with Gasteiger partial charge in [-0.3, -0.25) is 0 Å². The fourth-order valence-corrected chi connectivity index (χ4v) is 4.45. The summed E-state index contributed by atoms with van der Waals surface area (Å²) in [7, 11) is 0. The molecule has 3 aliphatic rings. The van der Waals surface area contributed by atoms with Crippen LogP contribution in [0.25, 0.3) is 0 Å². The van der Waals surface area contributed by atoms with Gasteiger partial charge in [0.25, 0.3) is 0 Å². The summed E-state index contributed by atoms with van der Waals surface area (Å²) >= 11 is 6.22. The van der Waals surface area contributed by atoms with Gasteiger partial charge in [-0.05, 0) is 62.5 Å². The number of rotatable bonds is 1. The van der Waals surface area contributed by atoms with Crippen molar-refractivity contribution < 1.29 is 6.16 Å². The molecule has 0 unspecified atom stereocenters. The van der Waals surface area contributed by atoms with E-state index in [0.29, 0.717) is 5.41 Å². The van der Waals surface area contributed by atoms with Gasteiger partial charge >= 0.3 is 0 Å². The van der Waals surface area contributed by atoms with E-state index in [2.05, 4.69) is 22.3 Å². The van der Waals surface area contributed by atoms with Crippen molar-refractivity contribution in [2.45, 2.75) is 37.1 Å². The molecular formula is C17H25ClN2O. The average molecular weight is 309 g/mol. The van der Waals surface area contributed by atoms with Crippen molar-refractivity contribution in [3.8, 4) is 0 Å². The molecule has 3 aliphatic heterocycles. The van der Waals surface area contributed by atoms with Gasteiger partial charge in [0, 0.05) is 43.4 Å². The Morgan fingerprint density at radius 1 is 1.24 bits per heavy atom. The first-order valence-electron chi connectivity index (χ1n) is 8.13. The molecule has 116 valence electrons. The smallest absolute Gasteiger partial charge is 0.0480 e. The zero-order chi connectivity index (χ0) is 14.3. The van der Waals surface area contributed by atoms with Crippen LogP contribution in [0.1, 0.15) is 32.7 Å². The molecule has 1 aromatic rings. The molecule has 4 heteroatoms. The van der Waals surface area contributed by atoms with Crippen LogP contribution in [0.5, 0.6) is 0 Å². The fourth-order valence-electron chi connectivity index (χ4n) is 4.28. The van der Waals surface area contributed by atoms with E-state index in [1.165, 1.54) is 50.0 Å². The Balaban J connectivity index is 0.00000144. The van der Waals surface area contributed by atoms with Crippen LogP contribution < -0.4 is 5.32 Å². The van der Waals surface area contributed by atoms with Crippen LogP contribution in [0.3, 0.4) is 0 Å². The van der Waals surface area contributed by atoms with E-state index in [1.807, 2.05) is 6.07 Å². The Hall–Kier alpha value is -0.770. The minimum absolute atomic E-state index is 0. The molecule has 3 heterocycles. The van der Waals surface area contributed by atoms with Gasteiger partial charge in [-0.25, -0.2) is 0 Å². The summed E-state index contributed by atoms with van der Waals surface area (Å²) in [5, 5.41) is 4.45. The molecule has 0 amide bonds. The number of nitrogens with zero attached hydrogens (tertiary/aromatic N) is 1. The Labute approximate surface area is 133 Å². The maximum atomic E-state index is 6.22. The summed E-state index contributed by atoms with van der Waals surface area (Å²) in [5.74, 6) is 0. The average Bonchev–Trinajstić information content (AvgIpc) is 2.87. The molecule has 0 atom stereocenters. The minimum Gasteiger partial charge on any atom is -0.384 e. The number of anilines is 1. The Kier molecular flexibility index (Phi) is 3.60. The van der Waals surface area contributed by atoms with E-state index in [9.17, 15) is 0 Å². The van der Waals surface area contributed by atoms with Crippen molar-refractivity contribution in [3.63, 3.8) is 0 Å². The highest BCUT2D eigenvalue weighted by atomic mass is 35.5. The van der Waals surface area contributed by atoms with Gasteiger partial charge in [-0.15, -0.1) is 0 Å². The van der Waals surface area contributed by atoms with Gasteiger partial charge in [0.2, 0.25) is 0 Å². The molecule has 0 aromatic heterocycles. The van der Waals surface area contributed by atoms with E-state index in [0.717, 1.165) is 30.8 Å². The molecule has 0 bridgehead atoms. The van der Waals surface area contributed by atoms with Crippen molar-refractivity contribution in [2.24, 2.45) is 0 Å². The second-order valence-corrected chi connectivity index (χ2v) is 7.14. The van der Waals surface area contributed by atoms with Gasteiger partial charge in [0.05, 0.1) is 0 Å². The number of nitrogens with one attached hydrogen (secondary N) is 1. The van der Waals surface area contributed by atoms with Crippen molar-refractivity contribution in [2.75, 3.05) is 38.2 Å². The number of hydrogen-bond donors (Lipinski definition) is 1. The standard InChI is InChI=1S/C17H23ClN2O.H2/c18-13-1-2-16-15(11-13)17(12-19-16)5-7-20(8-6-17)14-3-9-21-10-4-14;/h1-2,11,14,19H,3-10,12H2;1H. The molecule has 4 rings (SSSR count). The molecule has 21 heavy (non-hydrogen) atoms. The lowest BCUT2D eigenvalue weighted by Gasteiger charge is -2.43. The summed E-state index contributed by atoms with van der Waals surface area (Å²) in [6.45, 7) is 5.36. The second-order valence-electron chi connectivity index (χ2n) is 6.70. The van der Waals surface area contributed by atoms with Gasteiger partial charge in [0.1, 0.15) is 0 Å². The highest BCUT2D eigenvalue weighted by Gasteiger charge is 2.42. The normalized spacial score (nSPS) is 25.8. The van der Waals surface area contributed by atoms with Crippen molar-refractivity contribution in [1.82, 2.24) is 4.90 Å². The summed E-state index contributed by atoms with van der Waals surface area (Å²) in [4.78, 5) is 2.69. The van der Waals surface area contributed by atoms with Crippen molar-refractivity contribution in [1.29, 1.82) is 0 Å². The predicted octanol–water partition coefficient (Wildman–Crippen LogP) is 3.52. The molecule has 1 aromatic carbocycles. The Morgan fingerprint density at radius 2 is 2.00 bits per heavy atom. The van der Waals surface area contributed by atoms with E-state index >= 15 is 0 Å². The lowest BCUT2D eigenvalue weighted by molar-refractivity contribution is 0.0187. The van der Waals surface area contributed by atoms with Gasteiger partial charge in [-0.2, -0.15) is 0 Å². The van der Waals surface area contributed by atoms with Gasteiger partial charge < -0.3 is 15.0 Å². The molecule has 2 saturated heterocycles. The molecule has 0 radical (unpaired) electrons. The summed E-state index contributed by atoms with van der Waals surface area (Å²) in [5.41, 5.74) is 3.04. The molecule has 2 fully saturated rings. The zero-order valence-corrected chi connectivity index (χ0v) is 13.2. The predicted molar refractivity (Wildman–Crippen MR) is 88.4 cm³/mol. The number of benzene rings is 1. The summed E-state index contributed by atoms with van der Waals surface area (Å²) in [6.07, 6.45) is 4.89. The summed E-state index contributed by atoms with van der Waals surface area (Å²) in [6, 6.07) is 7.05. The van der Waals surface area contributed by atoms with Crippen LogP contribution in [0.15, 0.2) is 18.2 Å². The fraction of sp³-hybridized carbons (Fsp3) is 0.647. The minimum atomic E-state index is 0. The number of fused-ring (bicyclic) bond motifs is 2. The van der Waals surface area contributed by atoms with E-state index in [4.69, 9.17) is 16.3 Å². The highest BCUT2D eigenvalue weighted by Crippen LogP contribution is 2.45. The molecule has 1 N–H and O–H groups in total. The monoisotopic (exact) mass is 308 g/mol. The first-order valence-corrected chi connectivity index (χ1v) is 8.50. The Morgan fingerprint density at radius 3 is 2.76 bits per heavy atom. The van der Waals surface area contributed by atoms with Crippen LogP contribution in [-0.4, -0.2) is 43.8 Å². The summed E-state index contributed by atoms with van der Waals surface area (Å²) < 4.78 is 5.49. The van der Waals surface area contributed by atoms with Crippen LogP contribution in [0.2, 0.25) is 5.02 Å². The van der Waals surface area contributed by atoms with E-state index in [-0.39, 0.29) is 1.43 Å². The Bertz CT molecular complexity index is 525. The zero-order valence-electron chi connectivity index (χ0n) is 12.4. The van der Waals surface area contributed by atoms with Gasteiger partial charge in [-0.1, -0.05) is 11.6 Å². The molecule has 1 spiro atoms. The molecule has 0 saturated carbocycles. The number of ether oxygens (including phenoxy) is 1. The third kappa shape index (κ3) is 2.45. The lowest BCUT2D eigenvalue weighted by atomic mass is 9.74. The lowest BCUT2D eigenvalue weighted by Crippen LogP contribution is -2.49. The van der Waals surface area contributed by atoms with E-state index < -0.39 is 0 Å². The van der Waals surface area contributed by atoms with Crippen LogP contribution in [0.4, 0.5) is 5.69 Å². The highest BCUT2D eigenvalue weighted by molar-refractivity contribution is 6.30. The van der Waals surface area contributed by atoms with Crippen LogP contribution >= 0.6 is 11.6 Å². The first kappa shape index (κ1) is 13.9. The second kappa shape index (κ2) is 5.45. The largest absolute Gasteiger partial charge is 0.384 e. The van der Waals surface area contributed by atoms with E-state index in [1.54, 1.807) is 0 Å². The van der Waals surface area contributed by atoms with Gasteiger partial charge in [0.15, 0.2) is 0 Å². The quantitative estimate of drug-likeness (QED) is 0.859. The number of likely N-dealkylation sites (tertiary alicyclic amines) is 1. The maximum Gasteiger partial charge on any atom is 0.0480 e. The first-order chi connectivity index (χ1) is 10.3. The molecule has 3 nitrogen and oxygen atoms in total. The third-order valence-corrected chi connectivity index (χ3v) is 5.87. The van der Waals surface area contributed by atoms with Crippen LogP contribution in [-0.2, 0) is 10.2 Å². The maximum absolute atomic E-state index is 6.22. The number of hydrogen-bond acceptors (Lipinski definition) is 3. The van der Waals surface area contributed by atoms with Crippen molar-refractivity contribution >= 4 is 17.3 Å². The number of piperidine rings is 1. The third-order valence-electron chi connectivity index (χ3n) is 5.63.